The Morgan fingerprint density at radius 1 is 1.29 bits per heavy atom. The van der Waals surface area contributed by atoms with Crippen LogP contribution >= 0.6 is 0 Å². The predicted molar refractivity (Wildman–Crippen MR) is 57.4 cm³/mol. The number of nitrogen functional groups attached to an aromatic ring is 1. The van der Waals surface area contributed by atoms with Gasteiger partial charge in [0.15, 0.2) is 9.84 Å². The maximum atomic E-state index is 10.8. The molecule has 4 nitrogen and oxygen atoms in total. The van der Waals surface area contributed by atoms with Crippen LogP contribution < -0.4 is 11.1 Å². The van der Waals surface area contributed by atoms with Gasteiger partial charge in [-0.1, -0.05) is 12.1 Å². The van der Waals surface area contributed by atoms with Crippen LogP contribution in [0.3, 0.4) is 0 Å². The molecule has 1 aromatic carbocycles. The summed E-state index contributed by atoms with van der Waals surface area (Å²) in [4.78, 5) is 0. The van der Waals surface area contributed by atoms with Gasteiger partial charge in [-0.05, 0) is 17.7 Å². The van der Waals surface area contributed by atoms with Crippen LogP contribution in [0, 0.1) is 0 Å². The van der Waals surface area contributed by atoms with Gasteiger partial charge in [-0.3, -0.25) is 5.32 Å². The molecule has 0 aromatic heterocycles. The monoisotopic (exact) mass is 214 g/mol. The summed E-state index contributed by atoms with van der Waals surface area (Å²) in [5.74, 6) is -0.00260. The molecule has 3 N–H and O–H groups in total. The Bertz CT molecular complexity index is 384. The topological polar surface area (TPSA) is 72.2 Å². The molecule has 0 aliphatic heterocycles. The van der Waals surface area contributed by atoms with E-state index in [9.17, 15) is 8.42 Å². The zero-order chi connectivity index (χ0) is 10.6. The molecule has 1 rings (SSSR count). The molecule has 1 aromatic rings. The first kappa shape index (κ1) is 11.0. The first-order valence-electron chi connectivity index (χ1n) is 4.20. The number of anilines is 1. The fourth-order valence-corrected chi connectivity index (χ4v) is 1.49. The third kappa shape index (κ3) is 4.25. The number of sulfone groups is 1. The largest absolute Gasteiger partial charge is 0.399 e. The molecule has 0 saturated carbocycles. The Morgan fingerprint density at radius 3 is 2.36 bits per heavy atom. The first-order valence-corrected chi connectivity index (χ1v) is 6.26. The van der Waals surface area contributed by atoms with Gasteiger partial charge in [0.1, 0.15) is 0 Å². The molecular formula is C9H14N2O2S. The SMILES string of the molecule is CS(=O)(=O)CNCc1ccc(N)cc1. The van der Waals surface area contributed by atoms with Crippen LogP contribution in [0.4, 0.5) is 5.69 Å². The lowest BCUT2D eigenvalue weighted by Crippen LogP contribution is -2.21. The third-order valence-corrected chi connectivity index (χ3v) is 2.40. The standard InChI is InChI=1S/C9H14N2O2S/c1-14(12,13)7-11-6-8-2-4-9(10)5-3-8/h2-5,11H,6-7,10H2,1H3. The number of hydrogen-bond donors (Lipinski definition) is 2. The normalized spacial score (nSPS) is 11.5. The molecule has 0 aliphatic rings. The van der Waals surface area contributed by atoms with Gasteiger partial charge in [-0.2, -0.15) is 0 Å². The summed E-state index contributed by atoms with van der Waals surface area (Å²) >= 11 is 0. The molecule has 5 heteroatoms. The highest BCUT2D eigenvalue weighted by Crippen LogP contribution is 2.04. The fraction of sp³-hybridized carbons (Fsp3) is 0.333. The molecule has 0 radical (unpaired) electrons. The average molecular weight is 214 g/mol. The lowest BCUT2D eigenvalue weighted by Gasteiger charge is -2.03. The molecule has 0 amide bonds. The molecule has 0 heterocycles. The Balaban J connectivity index is 2.43. The van der Waals surface area contributed by atoms with Gasteiger partial charge in [-0.15, -0.1) is 0 Å². The van der Waals surface area contributed by atoms with Gasteiger partial charge in [0, 0.05) is 18.5 Å². The summed E-state index contributed by atoms with van der Waals surface area (Å²) in [7, 11) is -2.94. The van der Waals surface area contributed by atoms with E-state index in [4.69, 9.17) is 5.73 Å². The van der Waals surface area contributed by atoms with Crippen molar-refractivity contribution in [2.75, 3.05) is 17.9 Å². The summed E-state index contributed by atoms with van der Waals surface area (Å²) in [5, 5.41) is 2.83. The minimum atomic E-state index is -2.94. The van der Waals surface area contributed by atoms with Gasteiger partial charge in [0.2, 0.25) is 0 Å². The van der Waals surface area contributed by atoms with Gasteiger partial charge in [0.05, 0.1) is 5.88 Å². The summed E-state index contributed by atoms with van der Waals surface area (Å²) in [5.41, 5.74) is 7.23. The quantitative estimate of drug-likeness (QED) is 0.710. The highest BCUT2D eigenvalue weighted by molar-refractivity contribution is 7.90. The van der Waals surface area contributed by atoms with Crippen LogP contribution in [-0.2, 0) is 16.4 Å². The number of nitrogens with one attached hydrogen (secondary N) is 1. The predicted octanol–water partition coefficient (Wildman–Crippen LogP) is 0.360. The van der Waals surface area contributed by atoms with E-state index in [1.54, 1.807) is 12.1 Å². The lowest BCUT2D eigenvalue weighted by atomic mass is 10.2. The molecule has 0 bridgehead atoms. The summed E-state index contributed by atoms with van der Waals surface area (Å²) in [6.07, 6.45) is 1.20. The van der Waals surface area contributed by atoms with Crippen molar-refractivity contribution in [2.45, 2.75) is 6.54 Å². The number of benzene rings is 1. The molecule has 0 unspecified atom stereocenters. The van der Waals surface area contributed by atoms with Crippen LogP contribution in [0.5, 0.6) is 0 Å². The molecule has 0 saturated heterocycles. The second kappa shape index (κ2) is 4.43. The Hall–Kier alpha value is -1.07. The minimum absolute atomic E-state index is 0.00260. The Morgan fingerprint density at radius 2 is 1.86 bits per heavy atom. The summed E-state index contributed by atoms with van der Waals surface area (Å²) in [6.45, 7) is 0.535. The van der Waals surface area contributed by atoms with E-state index in [2.05, 4.69) is 5.32 Å². The summed E-state index contributed by atoms with van der Waals surface area (Å²) < 4.78 is 21.6. The third-order valence-electron chi connectivity index (χ3n) is 1.67. The Kier molecular flexibility index (Phi) is 3.49. The fourth-order valence-electron chi connectivity index (χ4n) is 1.02. The van der Waals surface area contributed by atoms with Crippen molar-refractivity contribution in [3.05, 3.63) is 29.8 Å². The number of hydrogen-bond acceptors (Lipinski definition) is 4. The maximum absolute atomic E-state index is 10.8. The second-order valence-electron chi connectivity index (χ2n) is 3.24. The van der Waals surface area contributed by atoms with Crippen molar-refractivity contribution in [2.24, 2.45) is 0 Å². The van der Waals surface area contributed by atoms with Crippen molar-refractivity contribution < 1.29 is 8.42 Å². The van der Waals surface area contributed by atoms with Gasteiger partial charge < -0.3 is 5.73 Å². The molecule has 0 spiro atoms. The van der Waals surface area contributed by atoms with Gasteiger partial charge >= 0.3 is 0 Å². The van der Waals surface area contributed by atoms with Crippen molar-refractivity contribution in [1.29, 1.82) is 0 Å². The lowest BCUT2D eigenvalue weighted by molar-refractivity contribution is 0.592. The number of nitrogens with two attached hydrogens (primary N) is 1. The summed E-state index contributed by atoms with van der Waals surface area (Å²) in [6, 6.07) is 7.31. The van der Waals surface area contributed by atoms with Gasteiger partial charge in [0.25, 0.3) is 0 Å². The van der Waals surface area contributed by atoms with Crippen molar-refractivity contribution >= 4 is 15.5 Å². The highest BCUT2D eigenvalue weighted by Gasteiger charge is 2.00. The molecule has 78 valence electrons. The van der Waals surface area contributed by atoms with Crippen LogP contribution in [0.25, 0.3) is 0 Å². The highest BCUT2D eigenvalue weighted by atomic mass is 32.2. The van der Waals surface area contributed by atoms with E-state index >= 15 is 0 Å². The van der Waals surface area contributed by atoms with Crippen molar-refractivity contribution in [1.82, 2.24) is 5.32 Å². The van der Waals surface area contributed by atoms with E-state index in [-0.39, 0.29) is 5.88 Å². The molecule has 0 aliphatic carbocycles. The number of rotatable bonds is 4. The average Bonchev–Trinajstić information content (AvgIpc) is 2.06. The van der Waals surface area contributed by atoms with E-state index in [0.29, 0.717) is 12.2 Å². The van der Waals surface area contributed by atoms with E-state index < -0.39 is 9.84 Å². The maximum Gasteiger partial charge on any atom is 0.160 e. The molecular weight excluding hydrogens is 200 g/mol. The molecule has 0 atom stereocenters. The zero-order valence-corrected chi connectivity index (χ0v) is 8.84. The molecule has 14 heavy (non-hydrogen) atoms. The van der Waals surface area contributed by atoms with Crippen LogP contribution in [0.1, 0.15) is 5.56 Å². The second-order valence-corrected chi connectivity index (χ2v) is 5.38. The first-order chi connectivity index (χ1) is 6.47. The Labute approximate surface area is 84.0 Å². The van der Waals surface area contributed by atoms with Crippen molar-refractivity contribution in [3.63, 3.8) is 0 Å². The van der Waals surface area contributed by atoms with Gasteiger partial charge in [-0.25, -0.2) is 8.42 Å². The van der Waals surface area contributed by atoms with E-state index in [1.165, 1.54) is 6.26 Å². The smallest absolute Gasteiger partial charge is 0.160 e. The van der Waals surface area contributed by atoms with Crippen LogP contribution in [-0.4, -0.2) is 20.6 Å². The zero-order valence-electron chi connectivity index (χ0n) is 8.03. The van der Waals surface area contributed by atoms with E-state index in [1.807, 2.05) is 12.1 Å². The minimum Gasteiger partial charge on any atom is -0.399 e. The van der Waals surface area contributed by atoms with Crippen LogP contribution in [0.2, 0.25) is 0 Å². The van der Waals surface area contributed by atoms with E-state index in [0.717, 1.165) is 5.56 Å². The van der Waals surface area contributed by atoms with Crippen molar-refractivity contribution in [3.8, 4) is 0 Å². The van der Waals surface area contributed by atoms with Crippen LogP contribution in [0.15, 0.2) is 24.3 Å². The molecule has 0 fully saturated rings.